The molecule has 4 heteroatoms. The zero-order chi connectivity index (χ0) is 9.68. The number of aliphatic carboxylic acids is 1. The fraction of sp³-hybridized carbons (Fsp3) is 0.556. The normalized spacial score (nSPS) is 17.8. The molecule has 0 bridgehead atoms. The van der Waals surface area contributed by atoms with Crippen molar-refractivity contribution in [2.24, 2.45) is 0 Å². The number of nitrogens with one attached hydrogen (secondary N) is 1. The lowest BCUT2D eigenvalue weighted by atomic mass is 10.2. The molecule has 0 unspecified atom stereocenters. The first-order chi connectivity index (χ1) is 6.18. The van der Waals surface area contributed by atoms with Crippen LogP contribution in [0.3, 0.4) is 0 Å². The van der Waals surface area contributed by atoms with Gasteiger partial charge in [0.2, 0.25) is 5.91 Å². The van der Waals surface area contributed by atoms with Gasteiger partial charge in [0.25, 0.3) is 0 Å². The van der Waals surface area contributed by atoms with Crippen molar-refractivity contribution < 1.29 is 14.7 Å². The van der Waals surface area contributed by atoms with E-state index < -0.39 is 5.97 Å². The highest BCUT2D eigenvalue weighted by molar-refractivity contribution is 5.93. The largest absolute Gasteiger partial charge is 0.478 e. The second kappa shape index (κ2) is 4.64. The number of amides is 1. The van der Waals surface area contributed by atoms with Crippen molar-refractivity contribution in [2.45, 2.75) is 31.7 Å². The molecule has 0 heterocycles. The lowest BCUT2D eigenvalue weighted by Crippen LogP contribution is -2.31. The summed E-state index contributed by atoms with van der Waals surface area (Å²) in [5, 5.41) is 11.0. The van der Waals surface area contributed by atoms with Crippen molar-refractivity contribution in [3.8, 4) is 0 Å². The third-order valence-corrected chi connectivity index (χ3v) is 2.08. The summed E-state index contributed by atoms with van der Waals surface area (Å²) in [4.78, 5) is 21.1. The average molecular weight is 183 g/mol. The van der Waals surface area contributed by atoms with Gasteiger partial charge in [-0.1, -0.05) is 12.8 Å². The lowest BCUT2D eigenvalue weighted by molar-refractivity contribution is -0.131. The van der Waals surface area contributed by atoms with Gasteiger partial charge in [-0.2, -0.15) is 0 Å². The van der Waals surface area contributed by atoms with Gasteiger partial charge in [0.05, 0.1) is 0 Å². The highest BCUT2D eigenvalue weighted by Gasteiger charge is 2.15. The molecular formula is C9H13NO3. The Morgan fingerprint density at radius 3 is 2.38 bits per heavy atom. The Morgan fingerprint density at radius 1 is 1.23 bits per heavy atom. The fourth-order valence-corrected chi connectivity index (χ4v) is 1.47. The van der Waals surface area contributed by atoms with Gasteiger partial charge < -0.3 is 10.4 Å². The van der Waals surface area contributed by atoms with Crippen LogP contribution in [0.5, 0.6) is 0 Å². The predicted octanol–water partition coefficient (Wildman–Crippen LogP) is 0.686. The molecule has 72 valence electrons. The molecule has 4 nitrogen and oxygen atoms in total. The molecule has 2 N–H and O–H groups in total. The molecule has 0 atom stereocenters. The maximum atomic E-state index is 11.0. The summed E-state index contributed by atoms with van der Waals surface area (Å²) in [5.41, 5.74) is 0. The number of hydrogen-bond acceptors (Lipinski definition) is 2. The van der Waals surface area contributed by atoms with E-state index in [1.54, 1.807) is 0 Å². The van der Waals surface area contributed by atoms with Crippen LogP contribution in [0.1, 0.15) is 25.7 Å². The Bertz CT molecular complexity index is 229. The maximum Gasteiger partial charge on any atom is 0.328 e. The molecule has 0 aromatic rings. The number of carbonyl (C=O) groups is 2. The molecule has 1 rings (SSSR count). The van der Waals surface area contributed by atoms with Crippen LogP contribution >= 0.6 is 0 Å². The Labute approximate surface area is 76.6 Å². The molecule has 1 amide bonds. The third kappa shape index (κ3) is 3.73. The smallest absolute Gasteiger partial charge is 0.328 e. The first-order valence-electron chi connectivity index (χ1n) is 4.40. The average Bonchev–Trinajstić information content (AvgIpc) is 2.53. The van der Waals surface area contributed by atoms with Crippen LogP contribution in [-0.2, 0) is 9.59 Å². The predicted molar refractivity (Wildman–Crippen MR) is 47.2 cm³/mol. The van der Waals surface area contributed by atoms with E-state index in [1.165, 1.54) is 0 Å². The first-order valence-corrected chi connectivity index (χ1v) is 4.40. The zero-order valence-electron chi connectivity index (χ0n) is 7.32. The minimum atomic E-state index is -1.10. The molecule has 1 aliphatic rings. The number of carbonyl (C=O) groups excluding carboxylic acids is 1. The van der Waals surface area contributed by atoms with E-state index in [-0.39, 0.29) is 11.9 Å². The van der Waals surface area contributed by atoms with Gasteiger partial charge in [-0.05, 0) is 12.8 Å². The number of carboxylic acids is 1. The van der Waals surface area contributed by atoms with Crippen LogP contribution in [0.15, 0.2) is 12.2 Å². The van der Waals surface area contributed by atoms with E-state index in [0.29, 0.717) is 0 Å². The maximum absolute atomic E-state index is 11.0. The number of rotatable bonds is 3. The van der Waals surface area contributed by atoms with Crippen LogP contribution < -0.4 is 5.32 Å². The highest BCUT2D eigenvalue weighted by atomic mass is 16.4. The topological polar surface area (TPSA) is 66.4 Å². The van der Waals surface area contributed by atoms with Gasteiger partial charge in [0.15, 0.2) is 0 Å². The lowest BCUT2D eigenvalue weighted by Gasteiger charge is -2.08. The Hall–Kier alpha value is -1.32. The summed E-state index contributed by atoms with van der Waals surface area (Å²) in [6, 6.07) is 0.242. The zero-order valence-corrected chi connectivity index (χ0v) is 7.32. The number of carboxylic acid groups (broad SMARTS) is 1. The van der Waals surface area contributed by atoms with Crippen molar-refractivity contribution in [1.82, 2.24) is 5.32 Å². The molecule has 0 radical (unpaired) electrons. The second-order valence-corrected chi connectivity index (χ2v) is 3.16. The molecular weight excluding hydrogens is 170 g/mol. The molecule has 0 aromatic carbocycles. The van der Waals surface area contributed by atoms with Gasteiger partial charge >= 0.3 is 5.97 Å². The quantitative estimate of drug-likeness (QED) is 0.632. The first kappa shape index (κ1) is 9.77. The second-order valence-electron chi connectivity index (χ2n) is 3.16. The van der Waals surface area contributed by atoms with Gasteiger partial charge in [-0.25, -0.2) is 4.79 Å². The summed E-state index contributed by atoms with van der Waals surface area (Å²) < 4.78 is 0. The summed E-state index contributed by atoms with van der Waals surface area (Å²) in [6.07, 6.45) is 6.21. The van der Waals surface area contributed by atoms with Gasteiger partial charge in [-0.15, -0.1) is 0 Å². The fourth-order valence-electron chi connectivity index (χ4n) is 1.47. The Balaban J connectivity index is 2.28. The minimum absolute atomic E-state index is 0.242. The molecule has 0 aromatic heterocycles. The summed E-state index contributed by atoms with van der Waals surface area (Å²) in [7, 11) is 0. The Kier molecular flexibility index (Phi) is 3.49. The van der Waals surface area contributed by atoms with Crippen molar-refractivity contribution in [3.63, 3.8) is 0 Å². The third-order valence-electron chi connectivity index (χ3n) is 2.08. The van der Waals surface area contributed by atoms with Crippen LogP contribution in [0.2, 0.25) is 0 Å². The summed E-state index contributed by atoms with van der Waals surface area (Å²) >= 11 is 0. The molecule has 13 heavy (non-hydrogen) atoms. The van der Waals surface area contributed by atoms with Crippen LogP contribution in [0, 0.1) is 0 Å². The SMILES string of the molecule is O=C(O)/C=C/C(=O)NC1CCCC1. The summed E-state index contributed by atoms with van der Waals surface area (Å²) in [5.74, 6) is -1.41. The van der Waals surface area contributed by atoms with E-state index in [9.17, 15) is 9.59 Å². The number of hydrogen-bond donors (Lipinski definition) is 2. The van der Waals surface area contributed by atoms with Crippen LogP contribution in [-0.4, -0.2) is 23.0 Å². The van der Waals surface area contributed by atoms with Gasteiger partial charge in [-0.3, -0.25) is 4.79 Å². The van der Waals surface area contributed by atoms with Crippen molar-refractivity contribution in [1.29, 1.82) is 0 Å². The van der Waals surface area contributed by atoms with E-state index in [4.69, 9.17) is 5.11 Å². The van der Waals surface area contributed by atoms with E-state index in [1.807, 2.05) is 0 Å². The highest BCUT2D eigenvalue weighted by Crippen LogP contribution is 2.17. The van der Waals surface area contributed by atoms with E-state index in [2.05, 4.69) is 5.32 Å². The van der Waals surface area contributed by atoms with Crippen molar-refractivity contribution >= 4 is 11.9 Å². The standard InChI is InChI=1S/C9H13NO3/c11-8(5-6-9(12)13)10-7-3-1-2-4-7/h5-7H,1-4H2,(H,10,11)(H,12,13)/b6-5+. The Morgan fingerprint density at radius 2 is 1.85 bits per heavy atom. The minimum Gasteiger partial charge on any atom is -0.478 e. The van der Waals surface area contributed by atoms with Gasteiger partial charge in [0, 0.05) is 18.2 Å². The molecule has 0 spiro atoms. The van der Waals surface area contributed by atoms with Crippen molar-refractivity contribution in [2.75, 3.05) is 0 Å². The van der Waals surface area contributed by atoms with Crippen LogP contribution in [0.4, 0.5) is 0 Å². The van der Waals surface area contributed by atoms with Gasteiger partial charge in [0.1, 0.15) is 0 Å². The molecule has 0 saturated heterocycles. The van der Waals surface area contributed by atoms with E-state index in [0.717, 1.165) is 37.8 Å². The summed E-state index contributed by atoms with van der Waals surface area (Å²) in [6.45, 7) is 0. The molecule has 1 aliphatic carbocycles. The monoisotopic (exact) mass is 183 g/mol. The van der Waals surface area contributed by atoms with Crippen molar-refractivity contribution in [3.05, 3.63) is 12.2 Å². The molecule has 0 aliphatic heterocycles. The van der Waals surface area contributed by atoms with Crippen LogP contribution in [0.25, 0.3) is 0 Å². The molecule has 1 fully saturated rings. The van der Waals surface area contributed by atoms with E-state index >= 15 is 0 Å². The molecule has 1 saturated carbocycles.